The number of hydrogen-bond acceptors (Lipinski definition) is 2. The van der Waals surface area contributed by atoms with Gasteiger partial charge in [0.25, 0.3) is 0 Å². The van der Waals surface area contributed by atoms with Gasteiger partial charge in [-0.3, -0.25) is 9.59 Å². The molecule has 1 rings (SSSR count). The van der Waals surface area contributed by atoms with Crippen molar-refractivity contribution in [3.05, 3.63) is 0 Å². The molecule has 2 heteroatoms. The second-order valence-corrected chi connectivity index (χ2v) is 6.70. The maximum absolute atomic E-state index is 12.0. The van der Waals surface area contributed by atoms with Crippen LogP contribution in [0.4, 0.5) is 0 Å². The first-order chi connectivity index (χ1) is 10.3. The molecule has 0 amide bonds. The highest BCUT2D eigenvalue weighted by Crippen LogP contribution is 2.25. The fourth-order valence-corrected chi connectivity index (χ4v) is 3.31. The molecule has 21 heavy (non-hydrogen) atoms. The lowest BCUT2D eigenvalue weighted by molar-refractivity contribution is -0.139. The van der Waals surface area contributed by atoms with Crippen molar-refractivity contribution in [2.24, 2.45) is 5.92 Å². The number of carbonyl (C=O) groups excluding carboxylic acids is 2. The van der Waals surface area contributed by atoms with E-state index < -0.39 is 0 Å². The Labute approximate surface area is 131 Å². The van der Waals surface area contributed by atoms with Crippen LogP contribution in [0, 0.1) is 5.92 Å². The van der Waals surface area contributed by atoms with Crippen LogP contribution >= 0.6 is 0 Å². The standard InChI is InChI=1S/C19H34O2/c1-2-3-4-5-6-7-8-9-13-16-18(20)19(21)17-14-11-10-12-15-17/h17H,2-16H2,1H3. The predicted octanol–water partition coefficient (Wildman–Crippen LogP) is 5.63. The molecule has 0 atom stereocenters. The normalized spacial score (nSPS) is 16.0. The van der Waals surface area contributed by atoms with Gasteiger partial charge >= 0.3 is 0 Å². The molecular formula is C19H34O2. The van der Waals surface area contributed by atoms with Gasteiger partial charge in [-0.25, -0.2) is 0 Å². The average molecular weight is 294 g/mol. The third kappa shape index (κ3) is 8.38. The van der Waals surface area contributed by atoms with Gasteiger partial charge in [-0.15, -0.1) is 0 Å². The molecule has 1 aliphatic rings. The van der Waals surface area contributed by atoms with Crippen LogP contribution < -0.4 is 0 Å². The summed E-state index contributed by atoms with van der Waals surface area (Å²) >= 11 is 0. The number of rotatable bonds is 12. The van der Waals surface area contributed by atoms with E-state index in [2.05, 4.69) is 6.92 Å². The van der Waals surface area contributed by atoms with Gasteiger partial charge in [0.15, 0.2) is 5.78 Å². The third-order valence-electron chi connectivity index (χ3n) is 4.76. The van der Waals surface area contributed by atoms with Crippen molar-refractivity contribution < 1.29 is 9.59 Å². The Morgan fingerprint density at radius 1 is 0.762 bits per heavy atom. The summed E-state index contributed by atoms with van der Waals surface area (Å²) in [6, 6.07) is 0. The average Bonchev–Trinajstić information content (AvgIpc) is 2.53. The molecule has 0 radical (unpaired) electrons. The van der Waals surface area contributed by atoms with Crippen LogP contribution in [0.25, 0.3) is 0 Å². The number of hydrogen-bond donors (Lipinski definition) is 0. The fraction of sp³-hybridized carbons (Fsp3) is 0.895. The number of Topliss-reactive ketones (excluding diaryl/α,β-unsaturated/α-hetero) is 2. The molecule has 1 fully saturated rings. The fourth-order valence-electron chi connectivity index (χ4n) is 3.31. The van der Waals surface area contributed by atoms with Crippen molar-refractivity contribution >= 4 is 11.6 Å². The summed E-state index contributed by atoms with van der Waals surface area (Å²) in [4.78, 5) is 23.9. The van der Waals surface area contributed by atoms with Crippen LogP contribution in [0.3, 0.4) is 0 Å². The third-order valence-corrected chi connectivity index (χ3v) is 4.76. The van der Waals surface area contributed by atoms with Crippen LogP contribution in [0.15, 0.2) is 0 Å². The zero-order valence-corrected chi connectivity index (χ0v) is 14.0. The van der Waals surface area contributed by atoms with Crippen LogP contribution in [-0.2, 0) is 9.59 Å². The van der Waals surface area contributed by atoms with Gasteiger partial charge in [0, 0.05) is 12.3 Å². The smallest absolute Gasteiger partial charge is 0.201 e. The molecule has 0 aliphatic heterocycles. The van der Waals surface area contributed by atoms with E-state index in [9.17, 15) is 9.59 Å². The molecule has 0 aromatic rings. The lowest BCUT2D eigenvalue weighted by Gasteiger charge is -2.19. The maximum Gasteiger partial charge on any atom is 0.201 e. The van der Waals surface area contributed by atoms with Crippen molar-refractivity contribution in [1.29, 1.82) is 0 Å². The second kappa shape index (κ2) is 11.9. The van der Waals surface area contributed by atoms with Gasteiger partial charge < -0.3 is 0 Å². The minimum Gasteiger partial charge on any atom is -0.291 e. The highest BCUT2D eigenvalue weighted by atomic mass is 16.2. The van der Waals surface area contributed by atoms with E-state index in [0.717, 1.165) is 38.5 Å². The van der Waals surface area contributed by atoms with Crippen molar-refractivity contribution in [1.82, 2.24) is 0 Å². The zero-order chi connectivity index (χ0) is 15.3. The second-order valence-electron chi connectivity index (χ2n) is 6.70. The molecule has 0 heterocycles. The molecule has 1 saturated carbocycles. The van der Waals surface area contributed by atoms with Crippen LogP contribution in [0.2, 0.25) is 0 Å². The molecule has 0 saturated heterocycles. The minimum atomic E-state index is -0.0927. The van der Waals surface area contributed by atoms with E-state index in [4.69, 9.17) is 0 Å². The summed E-state index contributed by atoms with van der Waals surface area (Å²) in [7, 11) is 0. The zero-order valence-electron chi connectivity index (χ0n) is 14.0. The number of carbonyl (C=O) groups is 2. The Hall–Kier alpha value is -0.660. The monoisotopic (exact) mass is 294 g/mol. The highest BCUT2D eigenvalue weighted by molar-refractivity contribution is 6.37. The Morgan fingerprint density at radius 2 is 1.29 bits per heavy atom. The molecule has 0 N–H and O–H groups in total. The molecule has 0 aromatic heterocycles. The molecule has 0 spiro atoms. The Balaban J connectivity index is 1.96. The molecule has 122 valence electrons. The summed E-state index contributed by atoms with van der Waals surface area (Å²) in [6.45, 7) is 2.24. The first kappa shape index (κ1) is 18.4. The summed E-state index contributed by atoms with van der Waals surface area (Å²) in [5, 5.41) is 0. The summed E-state index contributed by atoms with van der Waals surface area (Å²) in [6.07, 6.45) is 17.1. The lowest BCUT2D eigenvalue weighted by Crippen LogP contribution is -2.25. The van der Waals surface area contributed by atoms with Gasteiger partial charge in [0.2, 0.25) is 5.78 Å². The quantitative estimate of drug-likeness (QED) is 0.345. The van der Waals surface area contributed by atoms with E-state index >= 15 is 0 Å². The van der Waals surface area contributed by atoms with E-state index in [1.807, 2.05) is 0 Å². The van der Waals surface area contributed by atoms with Gasteiger partial charge in [-0.1, -0.05) is 77.6 Å². The van der Waals surface area contributed by atoms with Gasteiger partial charge in [-0.2, -0.15) is 0 Å². The van der Waals surface area contributed by atoms with E-state index in [0.29, 0.717) is 6.42 Å². The number of unbranched alkanes of at least 4 members (excludes halogenated alkanes) is 8. The van der Waals surface area contributed by atoms with Gasteiger partial charge in [0.1, 0.15) is 0 Å². The lowest BCUT2D eigenvalue weighted by atomic mass is 9.84. The molecule has 0 aromatic carbocycles. The molecule has 1 aliphatic carbocycles. The largest absolute Gasteiger partial charge is 0.291 e. The van der Waals surface area contributed by atoms with Crippen molar-refractivity contribution in [3.8, 4) is 0 Å². The number of ketones is 2. The van der Waals surface area contributed by atoms with Crippen LogP contribution in [0.5, 0.6) is 0 Å². The molecule has 0 unspecified atom stereocenters. The summed E-state index contributed by atoms with van der Waals surface area (Å²) in [5.74, 6) is -0.0936. The van der Waals surface area contributed by atoms with E-state index in [-0.39, 0.29) is 17.5 Å². The van der Waals surface area contributed by atoms with E-state index in [1.165, 1.54) is 51.4 Å². The van der Waals surface area contributed by atoms with Crippen LogP contribution in [-0.4, -0.2) is 11.6 Å². The maximum atomic E-state index is 12.0. The summed E-state index contributed by atoms with van der Waals surface area (Å²) < 4.78 is 0. The first-order valence-corrected chi connectivity index (χ1v) is 9.32. The Bertz CT molecular complexity index is 290. The minimum absolute atomic E-state index is 0.0600. The first-order valence-electron chi connectivity index (χ1n) is 9.32. The van der Waals surface area contributed by atoms with E-state index in [1.54, 1.807) is 0 Å². The van der Waals surface area contributed by atoms with Gasteiger partial charge in [-0.05, 0) is 19.3 Å². The Morgan fingerprint density at radius 3 is 1.86 bits per heavy atom. The Kier molecular flexibility index (Phi) is 10.5. The van der Waals surface area contributed by atoms with Crippen LogP contribution in [0.1, 0.15) is 103 Å². The highest BCUT2D eigenvalue weighted by Gasteiger charge is 2.25. The molecule has 2 nitrogen and oxygen atoms in total. The predicted molar refractivity (Wildman–Crippen MR) is 88.4 cm³/mol. The topological polar surface area (TPSA) is 34.1 Å². The van der Waals surface area contributed by atoms with Crippen molar-refractivity contribution in [3.63, 3.8) is 0 Å². The van der Waals surface area contributed by atoms with Gasteiger partial charge in [0.05, 0.1) is 0 Å². The molecular weight excluding hydrogens is 260 g/mol. The molecule has 0 bridgehead atoms. The SMILES string of the molecule is CCCCCCCCCCCC(=O)C(=O)C1CCCCC1. The van der Waals surface area contributed by atoms with Crippen molar-refractivity contribution in [2.45, 2.75) is 103 Å². The summed E-state index contributed by atoms with van der Waals surface area (Å²) in [5.41, 5.74) is 0. The van der Waals surface area contributed by atoms with Crippen molar-refractivity contribution in [2.75, 3.05) is 0 Å².